The van der Waals surface area contributed by atoms with E-state index in [0.717, 1.165) is 30.8 Å². The Morgan fingerprint density at radius 2 is 2.10 bits per heavy atom. The van der Waals surface area contributed by atoms with Crippen molar-refractivity contribution in [2.24, 2.45) is 0 Å². The second-order valence-corrected chi connectivity index (χ2v) is 6.88. The summed E-state index contributed by atoms with van der Waals surface area (Å²) in [4.78, 5) is 5.99. The molecule has 108 valence electrons. The summed E-state index contributed by atoms with van der Waals surface area (Å²) in [6.07, 6.45) is 2.14. The highest BCUT2D eigenvalue weighted by Crippen LogP contribution is 2.29. The maximum Gasteiger partial charge on any atom is 0.0423 e. The summed E-state index contributed by atoms with van der Waals surface area (Å²) < 4.78 is 1.21. The standard InChI is InChI=1S/C16H21BrN2S/c1-4-8-18-15(10-16-14(17)7-9-20-16)13-6-5-11(2)19-12(13)3/h5-7,9,15,18H,4,8,10H2,1-3H3. The first-order valence-electron chi connectivity index (χ1n) is 7.01. The SMILES string of the molecule is CCCNC(Cc1sccc1Br)c1ccc(C)nc1C. The lowest BCUT2D eigenvalue weighted by Crippen LogP contribution is -2.25. The van der Waals surface area contributed by atoms with Gasteiger partial charge in [-0.05, 0) is 65.8 Å². The van der Waals surface area contributed by atoms with Crippen molar-refractivity contribution in [3.63, 3.8) is 0 Å². The number of thiophene rings is 1. The molecule has 4 heteroatoms. The molecule has 0 aliphatic rings. The van der Waals surface area contributed by atoms with Gasteiger partial charge in [-0.3, -0.25) is 4.98 Å². The molecule has 2 nitrogen and oxygen atoms in total. The summed E-state index contributed by atoms with van der Waals surface area (Å²) in [5.74, 6) is 0. The molecule has 2 aromatic rings. The number of hydrogen-bond donors (Lipinski definition) is 1. The van der Waals surface area contributed by atoms with E-state index in [1.807, 2.05) is 18.3 Å². The minimum absolute atomic E-state index is 0.331. The number of pyridine rings is 1. The Labute approximate surface area is 133 Å². The Hall–Kier alpha value is -0.710. The third kappa shape index (κ3) is 3.90. The molecule has 0 aliphatic heterocycles. The monoisotopic (exact) mass is 352 g/mol. The van der Waals surface area contributed by atoms with Gasteiger partial charge in [-0.1, -0.05) is 13.0 Å². The molecule has 2 aromatic heterocycles. The zero-order chi connectivity index (χ0) is 14.5. The fourth-order valence-corrected chi connectivity index (χ4v) is 3.89. The fraction of sp³-hybridized carbons (Fsp3) is 0.438. The first-order chi connectivity index (χ1) is 9.61. The van der Waals surface area contributed by atoms with Crippen LogP contribution in [0.3, 0.4) is 0 Å². The van der Waals surface area contributed by atoms with Gasteiger partial charge in [0.1, 0.15) is 0 Å². The molecule has 0 saturated heterocycles. The predicted molar refractivity (Wildman–Crippen MR) is 90.5 cm³/mol. The molecule has 0 radical (unpaired) electrons. The molecule has 0 spiro atoms. The summed E-state index contributed by atoms with van der Waals surface area (Å²) in [6.45, 7) is 7.37. The van der Waals surface area contributed by atoms with Crippen molar-refractivity contribution in [2.45, 2.75) is 39.7 Å². The zero-order valence-electron chi connectivity index (χ0n) is 12.2. The maximum absolute atomic E-state index is 4.61. The smallest absolute Gasteiger partial charge is 0.0423 e. The second-order valence-electron chi connectivity index (χ2n) is 5.03. The van der Waals surface area contributed by atoms with Gasteiger partial charge in [0.15, 0.2) is 0 Å². The van der Waals surface area contributed by atoms with Crippen LogP contribution in [0.1, 0.15) is 41.2 Å². The molecule has 20 heavy (non-hydrogen) atoms. The fourth-order valence-electron chi connectivity index (χ4n) is 2.33. The van der Waals surface area contributed by atoms with Crippen LogP contribution in [0, 0.1) is 13.8 Å². The summed E-state index contributed by atoms with van der Waals surface area (Å²) in [7, 11) is 0. The van der Waals surface area contributed by atoms with Crippen LogP contribution in [0.5, 0.6) is 0 Å². The van der Waals surface area contributed by atoms with Gasteiger partial charge in [-0.15, -0.1) is 11.3 Å². The summed E-state index contributed by atoms with van der Waals surface area (Å²) >= 11 is 5.44. The van der Waals surface area contributed by atoms with E-state index in [9.17, 15) is 0 Å². The lowest BCUT2D eigenvalue weighted by molar-refractivity contribution is 0.527. The highest BCUT2D eigenvalue weighted by Gasteiger charge is 2.16. The Morgan fingerprint density at radius 1 is 1.30 bits per heavy atom. The van der Waals surface area contributed by atoms with E-state index in [1.54, 1.807) is 0 Å². The van der Waals surface area contributed by atoms with Crippen LogP contribution in [0.2, 0.25) is 0 Å². The summed E-state index contributed by atoms with van der Waals surface area (Å²) in [6, 6.07) is 6.77. The van der Waals surface area contributed by atoms with Crippen molar-refractivity contribution < 1.29 is 0 Å². The average molecular weight is 353 g/mol. The average Bonchev–Trinajstić information content (AvgIpc) is 2.80. The molecule has 0 amide bonds. The van der Waals surface area contributed by atoms with Crippen molar-refractivity contribution in [2.75, 3.05) is 6.54 Å². The maximum atomic E-state index is 4.61. The number of nitrogens with one attached hydrogen (secondary N) is 1. The van der Waals surface area contributed by atoms with Crippen LogP contribution in [0.25, 0.3) is 0 Å². The third-order valence-electron chi connectivity index (χ3n) is 3.36. The third-order valence-corrected chi connectivity index (χ3v) is 5.31. The van der Waals surface area contributed by atoms with Gasteiger partial charge in [-0.25, -0.2) is 0 Å². The van der Waals surface area contributed by atoms with Crippen molar-refractivity contribution >= 4 is 27.3 Å². The van der Waals surface area contributed by atoms with Crippen LogP contribution in [0.15, 0.2) is 28.1 Å². The molecular formula is C16H21BrN2S. The van der Waals surface area contributed by atoms with Gasteiger partial charge in [-0.2, -0.15) is 0 Å². The summed E-state index contributed by atoms with van der Waals surface area (Å²) in [5, 5.41) is 5.79. The number of nitrogens with zero attached hydrogens (tertiary/aromatic N) is 1. The van der Waals surface area contributed by atoms with Crippen LogP contribution in [-0.4, -0.2) is 11.5 Å². The number of aromatic nitrogens is 1. The summed E-state index contributed by atoms with van der Waals surface area (Å²) in [5.41, 5.74) is 3.52. The molecule has 0 saturated carbocycles. The van der Waals surface area contributed by atoms with Gasteiger partial charge < -0.3 is 5.32 Å². The number of rotatable bonds is 6. The van der Waals surface area contributed by atoms with Crippen molar-refractivity contribution in [3.8, 4) is 0 Å². The molecule has 0 aliphatic carbocycles. The van der Waals surface area contributed by atoms with Crippen molar-refractivity contribution in [1.82, 2.24) is 10.3 Å². The minimum atomic E-state index is 0.331. The molecule has 1 atom stereocenters. The molecular weight excluding hydrogens is 332 g/mol. The minimum Gasteiger partial charge on any atom is -0.310 e. The van der Waals surface area contributed by atoms with Crippen LogP contribution >= 0.6 is 27.3 Å². The van der Waals surface area contributed by atoms with E-state index in [0.29, 0.717) is 6.04 Å². The topological polar surface area (TPSA) is 24.9 Å². The Bertz CT molecular complexity index is 565. The normalized spacial score (nSPS) is 12.6. The Balaban J connectivity index is 2.24. The molecule has 2 heterocycles. The van der Waals surface area contributed by atoms with Crippen LogP contribution < -0.4 is 5.32 Å². The molecule has 0 fully saturated rings. The Kier molecular flexibility index (Phi) is 5.75. The largest absolute Gasteiger partial charge is 0.310 e. The highest BCUT2D eigenvalue weighted by atomic mass is 79.9. The molecule has 1 N–H and O–H groups in total. The van der Waals surface area contributed by atoms with Gasteiger partial charge in [0, 0.05) is 33.2 Å². The van der Waals surface area contributed by atoms with E-state index in [-0.39, 0.29) is 0 Å². The highest BCUT2D eigenvalue weighted by molar-refractivity contribution is 9.10. The second kappa shape index (κ2) is 7.34. The van der Waals surface area contributed by atoms with Gasteiger partial charge in [0.2, 0.25) is 0 Å². The molecule has 1 unspecified atom stereocenters. The number of hydrogen-bond acceptors (Lipinski definition) is 3. The van der Waals surface area contributed by atoms with E-state index in [4.69, 9.17) is 0 Å². The Morgan fingerprint density at radius 3 is 2.70 bits per heavy atom. The lowest BCUT2D eigenvalue weighted by atomic mass is 10.0. The lowest BCUT2D eigenvalue weighted by Gasteiger charge is -2.20. The van der Waals surface area contributed by atoms with Gasteiger partial charge in [0.05, 0.1) is 0 Å². The quantitative estimate of drug-likeness (QED) is 0.806. The van der Waals surface area contributed by atoms with E-state index < -0.39 is 0 Å². The van der Waals surface area contributed by atoms with E-state index >= 15 is 0 Å². The first-order valence-corrected chi connectivity index (χ1v) is 8.68. The molecule has 0 bridgehead atoms. The van der Waals surface area contributed by atoms with Crippen LogP contribution in [-0.2, 0) is 6.42 Å². The zero-order valence-corrected chi connectivity index (χ0v) is 14.6. The van der Waals surface area contributed by atoms with Crippen LogP contribution in [0.4, 0.5) is 0 Å². The van der Waals surface area contributed by atoms with E-state index in [2.05, 4.69) is 63.7 Å². The number of halogens is 1. The van der Waals surface area contributed by atoms with Crippen molar-refractivity contribution in [1.29, 1.82) is 0 Å². The first kappa shape index (κ1) is 15.7. The van der Waals surface area contributed by atoms with Gasteiger partial charge in [0.25, 0.3) is 0 Å². The predicted octanol–water partition coefficient (Wildman–Crippen LogP) is 4.81. The van der Waals surface area contributed by atoms with Crippen molar-refractivity contribution in [3.05, 3.63) is 49.9 Å². The molecule has 0 aromatic carbocycles. The number of aryl methyl sites for hydroxylation is 2. The van der Waals surface area contributed by atoms with E-state index in [1.165, 1.54) is 14.9 Å². The molecule has 2 rings (SSSR count). The van der Waals surface area contributed by atoms with Gasteiger partial charge >= 0.3 is 0 Å².